The molecule has 20 heavy (non-hydrogen) atoms. The van der Waals surface area contributed by atoms with Crippen LogP contribution in [0.1, 0.15) is 10.5 Å². The SMILES string of the molecule is O=C(O)c1ccnc(Oc2cccc3cccnc23)n1. The number of hydrogen-bond acceptors (Lipinski definition) is 5. The second-order valence-corrected chi connectivity index (χ2v) is 3.96. The number of rotatable bonds is 3. The molecule has 0 radical (unpaired) electrons. The summed E-state index contributed by atoms with van der Waals surface area (Å²) >= 11 is 0. The number of nitrogens with zero attached hydrogens (tertiary/aromatic N) is 3. The fourth-order valence-electron chi connectivity index (χ4n) is 1.77. The van der Waals surface area contributed by atoms with Crippen LogP contribution in [0.3, 0.4) is 0 Å². The van der Waals surface area contributed by atoms with Crippen LogP contribution in [0.2, 0.25) is 0 Å². The Balaban J connectivity index is 2.01. The van der Waals surface area contributed by atoms with E-state index < -0.39 is 5.97 Å². The monoisotopic (exact) mass is 267 g/mol. The highest BCUT2D eigenvalue weighted by atomic mass is 16.5. The van der Waals surface area contributed by atoms with Crippen LogP contribution in [0, 0.1) is 0 Å². The molecule has 0 aliphatic rings. The number of ether oxygens (including phenoxy) is 1. The Hall–Kier alpha value is -3.02. The smallest absolute Gasteiger partial charge is 0.354 e. The van der Waals surface area contributed by atoms with Gasteiger partial charge in [0.1, 0.15) is 5.52 Å². The first kappa shape index (κ1) is 12.0. The molecule has 6 heteroatoms. The van der Waals surface area contributed by atoms with Gasteiger partial charge in [-0.1, -0.05) is 18.2 Å². The number of hydrogen-bond donors (Lipinski definition) is 1. The van der Waals surface area contributed by atoms with Crippen molar-refractivity contribution in [3.63, 3.8) is 0 Å². The highest BCUT2D eigenvalue weighted by Gasteiger charge is 2.09. The molecule has 0 aliphatic heterocycles. The first-order chi connectivity index (χ1) is 9.74. The second-order valence-electron chi connectivity index (χ2n) is 3.96. The number of fused-ring (bicyclic) bond motifs is 1. The lowest BCUT2D eigenvalue weighted by molar-refractivity contribution is 0.0689. The van der Waals surface area contributed by atoms with Crippen LogP contribution in [-0.2, 0) is 0 Å². The number of benzene rings is 1. The molecule has 2 heterocycles. The third-order valence-electron chi connectivity index (χ3n) is 2.65. The molecular weight excluding hydrogens is 258 g/mol. The van der Waals surface area contributed by atoms with Crippen molar-refractivity contribution >= 4 is 16.9 Å². The summed E-state index contributed by atoms with van der Waals surface area (Å²) in [5.74, 6) is -0.654. The van der Waals surface area contributed by atoms with Crippen molar-refractivity contribution in [1.29, 1.82) is 0 Å². The number of aromatic nitrogens is 3. The predicted octanol–water partition coefficient (Wildman–Crippen LogP) is 2.52. The van der Waals surface area contributed by atoms with Crippen molar-refractivity contribution < 1.29 is 14.6 Å². The maximum atomic E-state index is 10.9. The minimum Gasteiger partial charge on any atom is -0.477 e. The Morgan fingerprint density at radius 2 is 1.90 bits per heavy atom. The zero-order valence-corrected chi connectivity index (χ0v) is 10.2. The predicted molar refractivity (Wildman–Crippen MR) is 70.8 cm³/mol. The van der Waals surface area contributed by atoms with Gasteiger partial charge < -0.3 is 9.84 Å². The minimum absolute atomic E-state index is 0.0250. The molecule has 1 aromatic carbocycles. The normalized spacial score (nSPS) is 10.4. The van der Waals surface area contributed by atoms with Crippen LogP contribution in [0.25, 0.3) is 10.9 Å². The van der Waals surface area contributed by atoms with Gasteiger partial charge in [-0.05, 0) is 18.2 Å². The van der Waals surface area contributed by atoms with E-state index in [9.17, 15) is 4.79 Å². The summed E-state index contributed by atoms with van der Waals surface area (Å²) in [6, 6.07) is 10.5. The first-order valence-electron chi connectivity index (χ1n) is 5.82. The first-order valence-corrected chi connectivity index (χ1v) is 5.82. The van der Waals surface area contributed by atoms with E-state index >= 15 is 0 Å². The number of para-hydroxylation sites is 1. The molecule has 1 N–H and O–H groups in total. The lowest BCUT2D eigenvalue weighted by Gasteiger charge is -2.06. The third-order valence-corrected chi connectivity index (χ3v) is 2.65. The highest BCUT2D eigenvalue weighted by Crippen LogP contribution is 2.26. The van der Waals surface area contributed by atoms with E-state index in [2.05, 4.69) is 15.0 Å². The van der Waals surface area contributed by atoms with E-state index in [1.807, 2.05) is 24.3 Å². The van der Waals surface area contributed by atoms with Gasteiger partial charge in [0.05, 0.1) is 0 Å². The minimum atomic E-state index is -1.13. The Bertz CT molecular complexity index is 784. The van der Waals surface area contributed by atoms with Gasteiger partial charge in [0.15, 0.2) is 11.4 Å². The summed E-state index contributed by atoms with van der Waals surface area (Å²) in [4.78, 5) is 22.8. The number of carbonyl (C=O) groups is 1. The van der Waals surface area contributed by atoms with Gasteiger partial charge in [-0.25, -0.2) is 9.78 Å². The fourth-order valence-corrected chi connectivity index (χ4v) is 1.77. The molecular formula is C14H9N3O3. The molecule has 0 spiro atoms. The zero-order chi connectivity index (χ0) is 13.9. The van der Waals surface area contributed by atoms with Crippen LogP contribution >= 0.6 is 0 Å². The van der Waals surface area contributed by atoms with E-state index in [0.717, 1.165) is 5.39 Å². The third kappa shape index (κ3) is 2.26. The number of carboxylic acid groups (broad SMARTS) is 1. The molecule has 0 unspecified atom stereocenters. The molecule has 3 rings (SSSR count). The van der Waals surface area contributed by atoms with Crippen LogP contribution in [0.5, 0.6) is 11.8 Å². The summed E-state index contributed by atoms with van der Waals surface area (Å²) < 4.78 is 5.53. The Labute approximate surface area is 113 Å². The van der Waals surface area contributed by atoms with Crippen LogP contribution in [0.15, 0.2) is 48.8 Å². The number of carboxylic acids is 1. The number of aromatic carboxylic acids is 1. The summed E-state index contributed by atoms with van der Waals surface area (Å²) in [5, 5.41) is 9.81. The quantitative estimate of drug-likeness (QED) is 0.784. The Morgan fingerprint density at radius 3 is 2.75 bits per heavy atom. The van der Waals surface area contributed by atoms with Gasteiger partial charge in [0.2, 0.25) is 0 Å². The fraction of sp³-hybridized carbons (Fsp3) is 0. The summed E-state index contributed by atoms with van der Waals surface area (Å²) in [7, 11) is 0. The van der Waals surface area contributed by atoms with Gasteiger partial charge in [-0.2, -0.15) is 4.98 Å². The Morgan fingerprint density at radius 1 is 1.05 bits per heavy atom. The molecule has 0 aliphatic carbocycles. The van der Waals surface area contributed by atoms with Crippen LogP contribution in [-0.4, -0.2) is 26.0 Å². The maximum Gasteiger partial charge on any atom is 0.354 e. The molecule has 0 saturated carbocycles. The van der Waals surface area contributed by atoms with Gasteiger partial charge >= 0.3 is 12.0 Å². The van der Waals surface area contributed by atoms with E-state index in [4.69, 9.17) is 9.84 Å². The molecule has 0 atom stereocenters. The van der Waals surface area contributed by atoms with E-state index in [0.29, 0.717) is 11.3 Å². The average Bonchev–Trinajstić information content (AvgIpc) is 2.48. The van der Waals surface area contributed by atoms with Crippen molar-refractivity contribution in [2.75, 3.05) is 0 Å². The average molecular weight is 267 g/mol. The molecule has 98 valence electrons. The largest absolute Gasteiger partial charge is 0.477 e. The second kappa shape index (κ2) is 4.93. The highest BCUT2D eigenvalue weighted by molar-refractivity contribution is 5.85. The van der Waals surface area contributed by atoms with Gasteiger partial charge in [-0.15, -0.1) is 0 Å². The molecule has 2 aromatic heterocycles. The van der Waals surface area contributed by atoms with Crippen molar-refractivity contribution in [2.45, 2.75) is 0 Å². The molecule has 6 nitrogen and oxygen atoms in total. The molecule has 3 aromatic rings. The van der Waals surface area contributed by atoms with Gasteiger partial charge in [0.25, 0.3) is 0 Å². The number of pyridine rings is 1. The molecule has 0 amide bonds. The lowest BCUT2D eigenvalue weighted by atomic mass is 10.2. The van der Waals surface area contributed by atoms with Crippen LogP contribution in [0.4, 0.5) is 0 Å². The molecule has 0 fully saturated rings. The van der Waals surface area contributed by atoms with E-state index in [1.54, 1.807) is 12.3 Å². The van der Waals surface area contributed by atoms with E-state index in [1.165, 1.54) is 12.3 Å². The summed E-state index contributed by atoms with van der Waals surface area (Å²) in [6.45, 7) is 0. The summed E-state index contributed by atoms with van der Waals surface area (Å²) in [5.41, 5.74) is 0.544. The Kier molecular flexibility index (Phi) is 2.96. The van der Waals surface area contributed by atoms with Crippen LogP contribution < -0.4 is 4.74 Å². The van der Waals surface area contributed by atoms with Crippen molar-refractivity contribution in [3.8, 4) is 11.8 Å². The van der Waals surface area contributed by atoms with Gasteiger partial charge in [-0.3, -0.25) is 4.98 Å². The molecule has 0 saturated heterocycles. The maximum absolute atomic E-state index is 10.9. The van der Waals surface area contributed by atoms with Gasteiger partial charge in [0, 0.05) is 17.8 Å². The van der Waals surface area contributed by atoms with Crippen molar-refractivity contribution in [2.24, 2.45) is 0 Å². The standard InChI is InChI=1S/C14H9N3O3/c18-13(19)10-6-8-16-14(17-10)20-11-5-1-3-9-4-2-7-15-12(9)11/h1-8H,(H,18,19). The lowest BCUT2D eigenvalue weighted by Crippen LogP contribution is -2.02. The zero-order valence-electron chi connectivity index (χ0n) is 10.2. The summed E-state index contributed by atoms with van der Waals surface area (Å²) in [6.07, 6.45) is 2.99. The van der Waals surface area contributed by atoms with Crippen molar-refractivity contribution in [3.05, 3.63) is 54.5 Å². The topological polar surface area (TPSA) is 85.2 Å². The molecule has 0 bridgehead atoms. The van der Waals surface area contributed by atoms with Crippen molar-refractivity contribution in [1.82, 2.24) is 15.0 Å². The van der Waals surface area contributed by atoms with E-state index in [-0.39, 0.29) is 11.7 Å².